The molecule has 0 bridgehead atoms. The van der Waals surface area contributed by atoms with Crippen LogP contribution in [0.15, 0.2) is 103 Å². The van der Waals surface area contributed by atoms with Gasteiger partial charge in [-0.25, -0.2) is 6.07 Å². The molecule has 0 fully saturated rings. The molecule has 0 unspecified atom stereocenters. The number of fused-ring (bicyclic) bond motifs is 3. The molecule has 1 aliphatic rings. The van der Waals surface area contributed by atoms with Gasteiger partial charge in [0.15, 0.2) is 0 Å². The molecular formula is C42H46Cl2Zr-2. The number of hydrogen-bond donors (Lipinski definition) is 0. The summed E-state index contributed by atoms with van der Waals surface area (Å²) in [6, 6.07) is 40.7. The third-order valence-electron chi connectivity index (χ3n) is 8.10. The Morgan fingerprint density at radius 2 is 1.20 bits per heavy atom. The number of rotatable bonds is 2. The van der Waals surface area contributed by atoms with Crippen LogP contribution in [0.3, 0.4) is 0 Å². The molecule has 0 radical (unpaired) electrons. The Bertz CT molecular complexity index is 1560. The molecule has 0 spiro atoms. The van der Waals surface area contributed by atoms with Crippen molar-refractivity contribution >= 4 is 3.21 Å². The van der Waals surface area contributed by atoms with Crippen LogP contribution in [0.2, 0.25) is 0 Å². The number of halogens is 2. The molecule has 5 aromatic carbocycles. The van der Waals surface area contributed by atoms with Crippen molar-refractivity contribution in [3.8, 4) is 11.1 Å². The van der Waals surface area contributed by atoms with E-state index in [1.807, 2.05) is 0 Å². The summed E-state index contributed by atoms with van der Waals surface area (Å²) in [4.78, 5) is 0. The first kappa shape index (κ1) is 38.7. The van der Waals surface area contributed by atoms with Gasteiger partial charge in [0.1, 0.15) is 0 Å². The van der Waals surface area contributed by atoms with Crippen LogP contribution in [0, 0.1) is 26.8 Å². The predicted molar refractivity (Wildman–Crippen MR) is 183 cm³/mol. The van der Waals surface area contributed by atoms with Gasteiger partial charge in [-0.05, 0) is 28.4 Å². The molecule has 0 saturated heterocycles. The van der Waals surface area contributed by atoms with Crippen molar-refractivity contribution in [2.24, 2.45) is 0 Å². The number of aryl methyl sites for hydroxylation is 3. The summed E-state index contributed by atoms with van der Waals surface area (Å²) in [6.45, 7) is 20.0. The SMILES string of the molecule is CC(C)(C)c1[c-]c2c(cc1)-c1ccc(C(C)(C)C)cc1C2.Cc1cc(C)c(C)[cH-]1.[Cl-].[Cl-].[Zr+2]=[C](c1ccccc1)c1ccccc1. The Morgan fingerprint density at radius 1 is 0.667 bits per heavy atom. The average Bonchev–Trinajstić information content (AvgIpc) is 3.49. The van der Waals surface area contributed by atoms with E-state index in [0.29, 0.717) is 0 Å². The first-order valence-corrected chi connectivity index (χ1v) is 16.6. The number of hydrogen-bond acceptors (Lipinski definition) is 0. The van der Waals surface area contributed by atoms with Gasteiger partial charge in [0, 0.05) is 0 Å². The summed E-state index contributed by atoms with van der Waals surface area (Å²) in [5, 5.41) is 0. The van der Waals surface area contributed by atoms with Gasteiger partial charge in [0.05, 0.1) is 0 Å². The second-order valence-electron chi connectivity index (χ2n) is 13.8. The number of benzene rings is 4. The van der Waals surface area contributed by atoms with Gasteiger partial charge in [-0.3, -0.25) is 0 Å². The fraction of sp³-hybridized carbons (Fsp3) is 0.286. The Labute approximate surface area is 300 Å². The molecule has 6 rings (SSSR count). The third-order valence-corrected chi connectivity index (χ3v) is 9.52. The van der Waals surface area contributed by atoms with Gasteiger partial charge in [-0.1, -0.05) is 86.1 Å². The van der Waals surface area contributed by atoms with Gasteiger partial charge in [-0.2, -0.15) is 46.5 Å². The quantitative estimate of drug-likeness (QED) is 0.227. The fourth-order valence-electron chi connectivity index (χ4n) is 5.36. The van der Waals surface area contributed by atoms with Crippen molar-refractivity contribution in [3.05, 3.63) is 159 Å². The molecule has 3 heteroatoms. The van der Waals surface area contributed by atoms with E-state index in [0.717, 1.165) is 6.42 Å². The molecule has 234 valence electrons. The molecule has 0 heterocycles. The first-order chi connectivity index (χ1) is 20.2. The van der Waals surface area contributed by atoms with E-state index in [4.69, 9.17) is 0 Å². The molecular weight excluding hydrogens is 667 g/mol. The van der Waals surface area contributed by atoms with Gasteiger partial charge in [0.25, 0.3) is 0 Å². The summed E-state index contributed by atoms with van der Waals surface area (Å²) >= 11 is 1.46. The van der Waals surface area contributed by atoms with Crippen molar-refractivity contribution in [1.82, 2.24) is 0 Å². The summed E-state index contributed by atoms with van der Waals surface area (Å²) < 4.78 is 1.42. The minimum absolute atomic E-state index is 0. The molecule has 0 nitrogen and oxygen atoms in total. The topological polar surface area (TPSA) is 0 Å². The van der Waals surface area contributed by atoms with Crippen LogP contribution >= 0.6 is 0 Å². The van der Waals surface area contributed by atoms with Crippen molar-refractivity contribution in [1.29, 1.82) is 0 Å². The average molecular weight is 713 g/mol. The maximum atomic E-state index is 3.67. The normalized spacial score (nSPS) is 11.4. The molecule has 5 aromatic rings. The molecule has 0 N–H and O–H groups in total. The van der Waals surface area contributed by atoms with Gasteiger partial charge >= 0.3 is 99.2 Å². The second-order valence-corrected chi connectivity index (χ2v) is 15.0. The summed E-state index contributed by atoms with van der Waals surface area (Å²) in [7, 11) is 0. The van der Waals surface area contributed by atoms with E-state index in [1.54, 1.807) is 0 Å². The maximum absolute atomic E-state index is 3.67. The van der Waals surface area contributed by atoms with Gasteiger partial charge < -0.3 is 24.8 Å². The molecule has 0 aliphatic heterocycles. The zero-order valence-corrected chi connectivity index (χ0v) is 32.2. The Balaban J connectivity index is 0.000000254. The zero-order valence-electron chi connectivity index (χ0n) is 28.3. The van der Waals surface area contributed by atoms with Crippen LogP contribution in [0.1, 0.15) is 91.6 Å². The van der Waals surface area contributed by atoms with Crippen molar-refractivity contribution < 1.29 is 49.0 Å². The van der Waals surface area contributed by atoms with E-state index < -0.39 is 0 Å². The third kappa shape index (κ3) is 10.3. The Morgan fingerprint density at radius 3 is 1.62 bits per heavy atom. The summed E-state index contributed by atoms with van der Waals surface area (Å²) in [5.41, 5.74) is 15.6. The first-order valence-electron chi connectivity index (χ1n) is 15.3. The summed E-state index contributed by atoms with van der Waals surface area (Å²) in [5.74, 6) is 0. The summed E-state index contributed by atoms with van der Waals surface area (Å²) in [6.07, 6.45) is 1.03. The van der Waals surface area contributed by atoms with Crippen LogP contribution < -0.4 is 24.8 Å². The molecule has 45 heavy (non-hydrogen) atoms. The zero-order chi connectivity index (χ0) is 31.4. The van der Waals surface area contributed by atoms with E-state index in [-0.39, 0.29) is 35.6 Å². The van der Waals surface area contributed by atoms with Crippen molar-refractivity contribution in [2.45, 2.75) is 79.6 Å². The van der Waals surface area contributed by atoms with E-state index in [1.165, 1.54) is 88.6 Å². The second kappa shape index (κ2) is 16.4. The van der Waals surface area contributed by atoms with Gasteiger partial charge in [-0.15, -0.1) is 11.1 Å². The molecule has 0 aromatic heterocycles. The molecule has 0 amide bonds. The van der Waals surface area contributed by atoms with E-state index in [9.17, 15) is 0 Å². The van der Waals surface area contributed by atoms with E-state index in [2.05, 4.69) is 172 Å². The van der Waals surface area contributed by atoms with Crippen LogP contribution in [-0.4, -0.2) is 3.21 Å². The molecule has 1 aliphatic carbocycles. The van der Waals surface area contributed by atoms with Crippen LogP contribution in [0.5, 0.6) is 0 Å². The fourth-order valence-corrected chi connectivity index (χ4v) is 6.18. The van der Waals surface area contributed by atoms with Crippen LogP contribution in [0.4, 0.5) is 0 Å². The Kier molecular flexibility index (Phi) is 14.1. The monoisotopic (exact) mass is 710 g/mol. The van der Waals surface area contributed by atoms with Crippen LogP contribution in [0.25, 0.3) is 11.1 Å². The molecule has 0 saturated carbocycles. The molecule has 0 atom stereocenters. The van der Waals surface area contributed by atoms with Crippen molar-refractivity contribution in [2.75, 3.05) is 0 Å². The standard InChI is InChI=1S/C21H25.C13H10.C8H11.2ClH.Zr/c1-20(2,3)16-7-9-18-14(12-16)11-15-13-17(21(4,5)6)8-10-19(15)18;1-3-7-12(8-4-1)11-13-9-5-2-6-10-13;1-6-4-7(2)8(3)5-6;;;/h7-10,12H,11H2,1-6H3;1-10H;4-5H,1-3H3;2*1H;/q-1;;-1;;;+2/p-2. The van der Waals surface area contributed by atoms with Gasteiger partial charge in [0.2, 0.25) is 0 Å². The predicted octanol–water partition coefficient (Wildman–Crippen LogP) is 4.79. The minimum atomic E-state index is 0. The van der Waals surface area contributed by atoms with Crippen LogP contribution in [-0.2, 0) is 41.5 Å². The van der Waals surface area contributed by atoms with E-state index >= 15 is 0 Å². The van der Waals surface area contributed by atoms with Crippen molar-refractivity contribution in [3.63, 3.8) is 0 Å². The Hall–Kier alpha value is -2.44.